The number of hydrogen-bond acceptors (Lipinski definition) is 10. The van der Waals surface area contributed by atoms with Crippen molar-refractivity contribution in [1.82, 2.24) is 0 Å². The second-order valence-electron chi connectivity index (χ2n) is 35.4. The zero-order valence-electron chi connectivity index (χ0n) is 79.5. The number of benzene rings is 5. The molecule has 10 nitrogen and oxygen atoms in total. The zero-order valence-corrected chi connectivity index (χ0v) is 80.5. The van der Waals surface area contributed by atoms with Gasteiger partial charge in [-0.2, -0.15) is 13.2 Å². The monoisotopic (exact) mass is 1630 g/mol. The number of ether oxygens (including phenoxy) is 4. The molecule has 0 unspecified atom stereocenters. The molecule has 1 aliphatic rings. The van der Waals surface area contributed by atoms with E-state index in [9.17, 15) is 37.1 Å². The Kier molecular flexibility index (Phi) is 77.5. The van der Waals surface area contributed by atoms with Crippen molar-refractivity contribution in [1.29, 1.82) is 0 Å². The van der Waals surface area contributed by atoms with Crippen molar-refractivity contribution in [3.63, 3.8) is 0 Å². The van der Waals surface area contributed by atoms with Gasteiger partial charge in [0.15, 0.2) is 8.07 Å². The summed E-state index contributed by atoms with van der Waals surface area (Å²) in [6.07, 6.45) is 9.57. The van der Waals surface area contributed by atoms with Gasteiger partial charge in [0, 0.05) is 11.8 Å². The molecule has 0 saturated heterocycles. The molecule has 0 bridgehead atoms. The summed E-state index contributed by atoms with van der Waals surface area (Å²) in [6, 6.07) is 45.5. The van der Waals surface area contributed by atoms with Crippen LogP contribution in [0.4, 0.5) is 13.2 Å². The summed E-state index contributed by atoms with van der Waals surface area (Å²) < 4.78 is 56.9. The molecule has 0 fully saturated rings. The maximum Gasteiger partial charge on any atom is 0.361 e. The third-order valence-corrected chi connectivity index (χ3v) is 18.8. The third kappa shape index (κ3) is 78.1. The molecule has 0 radical (unpaired) electrons. The van der Waals surface area contributed by atoms with Crippen molar-refractivity contribution >= 4 is 37.7 Å². The highest BCUT2D eigenvalue weighted by atomic mass is 28.3. The highest BCUT2D eigenvalue weighted by Gasteiger charge is 2.49. The standard InChI is InChI=1S/C18H18O2.C11H14O2.C11H16O.C10H14.C8H16O2.C7H15F3Si.C7H12O2.C6H12.C5H10O.2C5H12.2C4H10/c1-12(2)18(19)20-11-17-15-9-5-3-7-13(15)14-8-4-6-10-16(14)17;1-9(2)11(12)13-8-10-6-4-3-5-7-10;1-9(2)7-10-3-5-11(8-12)6-4-10;1-9(2)8-10-6-4-3-5-7-10;1-6(2)5-10-8(9)7(3)4;1-6(2)5-11(3,4)7(8,9)10;1-4-5-9-7(8)6(2)3;1-4-5-6(2)3;1-4(2)5(3)6;2*1-4-5(2)3;2*1-4(2)3/h3-10,12,17H,11H2,1-2H3;3-7,9H,8H2,1-2H3;3-6,9,12H,7-8H2,1-2H3;3-7,9H,8H2,1-2H3;6-7H,5H2,1-4H3;6H,5H2,1-4H3;4,6H,1,5H2,2-3H3;4,6H,1,5H2,2-3H3;4H,1-3H3;2*5H,4H2,1-3H3;2*4H,1-3H3. The van der Waals surface area contributed by atoms with E-state index in [1.54, 1.807) is 26.8 Å². The Hall–Kier alpha value is -6.90. The number of carbonyl (C=O) groups excluding carboxylic acids is 5. The lowest BCUT2D eigenvalue weighted by atomic mass is 9.98. The maximum atomic E-state index is 12.3. The molecule has 1 aliphatic carbocycles. The molecule has 115 heavy (non-hydrogen) atoms. The van der Waals surface area contributed by atoms with Crippen LogP contribution in [0.15, 0.2) is 159 Å². The first kappa shape index (κ1) is 121. The van der Waals surface area contributed by atoms with E-state index in [0.29, 0.717) is 44.3 Å². The lowest BCUT2D eigenvalue weighted by Gasteiger charge is -2.26. The molecule has 0 heterocycles. The summed E-state index contributed by atoms with van der Waals surface area (Å²) in [7, 11) is -2.97. The molecule has 0 saturated carbocycles. The fourth-order valence-electron chi connectivity index (χ4n) is 8.20. The number of alkyl halides is 3. The van der Waals surface area contributed by atoms with Gasteiger partial charge < -0.3 is 24.1 Å². The molecule has 660 valence electrons. The Balaban J connectivity index is -0.000000226. The maximum absolute atomic E-state index is 12.3. The van der Waals surface area contributed by atoms with Gasteiger partial charge in [0.2, 0.25) is 0 Å². The van der Waals surface area contributed by atoms with Gasteiger partial charge in [0.05, 0.1) is 36.9 Å². The Morgan fingerprint density at radius 2 is 0.722 bits per heavy atom. The zero-order chi connectivity index (χ0) is 90.7. The number of hydrogen-bond donors (Lipinski definition) is 1. The second kappa shape index (κ2) is 73.5. The lowest BCUT2D eigenvalue weighted by molar-refractivity contribution is -0.149. The molecule has 1 N–H and O–H groups in total. The minimum absolute atomic E-state index is 0.00116. The van der Waals surface area contributed by atoms with Crippen LogP contribution in [0.2, 0.25) is 19.1 Å². The van der Waals surface area contributed by atoms with E-state index in [1.165, 1.54) is 65.7 Å². The number of allylic oxidation sites excluding steroid dienone is 1. The highest BCUT2D eigenvalue weighted by molar-refractivity contribution is 6.79. The van der Waals surface area contributed by atoms with Crippen LogP contribution in [0.5, 0.6) is 0 Å². The van der Waals surface area contributed by atoms with Gasteiger partial charge in [0.25, 0.3) is 0 Å². The highest BCUT2D eigenvalue weighted by Crippen LogP contribution is 2.44. The van der Waals surface area contributed by atoms with E-state index >= 15 is 0 Å². The Morgan fingerprint density at radius 1 is 0.409 bits per heavy atom. The number of rotatable bonds is 24. The van der Waals surface area contributed by atoms with Crippen LogP contribution in [0.3, 0.4) is 0 Å². The molecule has 14 heteroatoms. The molecular weight excluding hydrogens is 1460 g/mol. The van der Waals surface area contributed by atoms with Crippen LogP contribution in [0, 0.1) is 82.9 Å². The number of fused-ring (bicyclic) bond motifs is 3. The Morgan fingerprint density at radius 3 is 0.991 bits per heavy atom. The number of ketones is 1. The summed E-state index contributed by atoms with van der Waals surface area (Å²) in [6.45, 7) is 78.9. The molecule has 0 amide bonds. The molecule has 6 rings (SSSR count). The van der Waals surface area contributed by atoms with E-state index in [-0.39, 0.29) is 77.7 Å². The van der Waals surface area contributed by atoms with E-state index in [1.807, 2.05) is 144 Å². The molecule has 0 spiro atoms. The first-order chi connectivity index (χ1) is 53.2. The Labute approximate surface area is 705 Å². The second-order valence-corrected chi connectivity index (χ2v) is 40.1. The van der Waals surface area contributed by atoms with Gasteiger partial charge in [-0.1, -0.05) is 400 Å². The number of Topliss-reactive ketones (excluding diaryl/α,β-unsaturated/α-hetero) is 1. The number of halogens is 3. The van der Waals surface area contributed by atoms with Crippen molar-refractivity contribution in [3.05, 3.63) is 192 Å². The van der Waals surface area contributed by atoms with E-state index < -0.39 is 13.9 Å². The first-order valence-corrected chi connectivity index (χ1v) is 45.8. The van der Waals surface area contributed by atoms with Crippen LogP contribution in [-0.2, 0) is 69.0 Å². The number of aliphatic hydroxyl groups excluding tert-OH is 1. The summed E-state index contributed by atoms with van der Waals surface area (Å²) in [4.78, 5) is 54.4. The van der Waals surface area contributed by atoms with Crippen molar-refractivity contribution in [2.45, 2.75) is 305 Å². The quantitative estimate of drug-likeness (QED) is 0.0275. The molecule has 5 aromatic rings. The third-order valence-electron chi connectivity index (χ3n) is 15.5. The Bertz CT molecular complexity index is 3080. The van der Waals surface area contributed by atoms with E-state index in [2.05, 4.69) is 217 Å². The van der Waals surface area contributed by atoms with Crippen molar-refractivity contribution < 1.29 is 61.2 Å². The fraction of sp³-hybridized carbons (Fsp3) is 0.614. The number of carbonyl (C=O) groups is 5. The van der Waals surface area contributed by atoms with Crippen LogP contribution in [-0.4, -0.2) is 68.5 Å². The predicted octanol–water partition coefficient (Wildman–Crippen LogP) is 29.2. The minimum Gasteiger partial charge on any atom is -0.465 e. The van der Waals surface area contributed by atoms with Gasteiger partial charge in [0.1, 0.15) is 25.6 Å². The lowest BCUT2D eigenvalue weighted by Crippen LogP contribution is -2.45. The molecule has 5 aromatic carbocycles. The van der Waals surface area contributed by atoms with Gasteiger partial charge in [-0.15, -0.1) is 6.58 Å². The normalized spacial score (nSPS) is 10.9. The van der Waals surface area contributed by atoms with Crippen molar-refractivity contribution in [2.75, 3.05) is 19.8 Å². The van der Waals surface area contributed by atoms with Gasteiger partial charge in [-0.05, 0) is 130 Å². The number of aliphatic hydroxyl groups is 1. The fourth-order valence-corrected chi connectivity index (χ4v) is 10.5. The van der Waals surface area contributed by atoms with Crippen molar-refractivity contribution in [3.8, 4) is 11.1 Å². The topological polar surface area (TPSA) is 142 Å². The average Bonchev–Trinajstić information content (AvgIpc) is 1.62. The van der Waals surface area contributed by atoms with E-state index in [4.69, 9.17) is 24.1 Å². The van der Waals surface area contributed by atoms with Crippen molar-refractivity contribution in [2.24, 2.45) is 82.9 Å². The molecule has 0 atom stereocenters. The van der Waals surface area contributed by atoms with Crippen LogP contribution >= 0.6 is 0 Å². The van der Waals surface area contributed by atoms with Gasteiger partial charge >= 0.3 is 29.7 Å². The van der Waals surface area contributed by atoms with E-state index in [0.717, 1.165) is 59.5 Å². The summed E-state index contributed by atoms with van der Waals surface area (Å²) in [5, 5.41) is 8.81. The van der Waals surface area contributed by atoms with Crippen LogP contribution < -0.4 is 0 Å². The van der Waals surface area contributed by atoms with Crippen LogP contribution in [0.1, 0.15) is 287 Å². The summed E-state index contributed by atoms with van der Waals surface area (Å²) in [5.74, 6) is 2.23. The van der Waals surface area contributed by atoms with Crippen LogP contribution in [0.25, 0.3) is 11.1 Å². The summed E-state index contributed by atoms with van der Waals surface area (Å²) >= 11 is 0. The average molecular weight is 1630 g/mol. The largest absolute Gasteiger partial charge is 0.465 e. The molecule has 0 aliphatic heterocycles. The smallest absolute Gasteiger partial charge is 0.361 e. The SMILES string of the molecule is C=CCC(C)C.C=CCOC(=O)C(C)C.CC(=O)C(C)C.CC(C)C.CC(C)C.CC(C)C(=O)OCC1c2ccccc2-c2ccccc21.CC(C)C(=O)OCc1ccccc1.CC(C)COC(=O)C(C)C.CC(C)C[Si](C)(C)C(F)(F)F.CC(C)Cc1ccc(CO)cc1.CC(C)Cc1ccccc1.CCC(C)C.CCC(C)C. The first-order valence-electron chi connectivity index (χ1n) is 42.6. The summed E-state index contributed by atoms with van der Waals surface area (Å²) in [5.41, 5.74) is 9.83. The predicted molar refractivity (Wildman–Crippen MR) is 493 cm³/mol. The minimum atomic E-state index is -3.93. The molecule has 0 aromatic heterocycles. The van der Waals surface area contributed by atoms with Gasteiger partial charge in [-0.3, -0.25) is 24.0 Å². The molecular formula is C101H171F3O10Si. The number of esters is 4. The van der Waals surface area contributed by atoms with Gasteiger partial charge in [-0.25, -0.2) is 0 Å².